The van der Waals surface area contributed by atoms with Gasteiger partial charge in [0.25, 0.3) is 5.91 Å². The van der Waals surface area contributed by atoms with E-state index < -0.39 is 6.09 Å². The van der Waals surface area contributed by atoms with Crippen LogP contribution in [0.2, 0.25) is 0 Å². The van der Waals surface area contributed by atoms with Gasteiger partial charge in [0, 0.05) is 36.0 Å². The Morgan fingerprint density at radius 1 is 1.24 bits per heavy atom. The Kier molecular flexibility index (Phi) is 6.73. The van der Waals surface area contributed by atoms with E-state index in [9.17, 15) is 14.0 Å². The Labute approximate surface area is 195 Å². The summed E-state index contributed by atoms with van der Waals surface area (Å²) in [4.78, 5) is 31.5. The number of aromatic nitrogens is 3. The zero-order chi connectivity index (χ0) is 23.5. The molecular weight excluding hydrogens is 445 g/mol. The third kappa shape index (κ3) is 4.90. The molecule has 3 aromatic rings. The largest absolute Gasteiger partial charge is 0.453 e. The van der Waals surface area contributed by atoms with Crippen molar-refractivity contribution >= 4 is 23.3 Å². The van der Waals surface area contributed by atoms with Crippen molar-refractivity contribution in [3.05, 3.63) is 69.7 Å². The molecule has 0 aliphatic carbocycles. The van der Waals surface area contributed by atoms with Gasteiger partial charge in [0.05, 0.1) is 23.9 Å². The fourth-order valence-corrected chi connectivity index (χ4v) is 5.26. The maximum atomic E-state index is 13.6. The number of thiazole rings is 1. The number of nitrogens with one attached hydrogen (secondary N) is 2. The monoisotopic (exact) mass is 471 g/mol. The molecule has 3 atom stereocenters. The van der Waals surface area contributed by atoms with E-state index in [0.717, 1.165) is 16.3 Å². The Morgan fingerprint density at radius 2 is 2.00 bits per heavy atom. The van der Waals surface area contributed by atoms with Crippen LogP contribution in [-0.4, -0.2) is 51.8 Å². The zero-order valence-electron chi connectivity index (χ0n) is 18.6. The Morgan fingerprint density at radius 3 is 2.64 bits per heavy atom. The van der Waals surface area contributed by atoms with Gasteiger partial charge < -0.3 is 10.1 Å². The van der Waals surface area contributed by atoms with Crippen LogP contribution in [0.3, 0.4) is 0 Å². The molecule has 3 unspecified atom stereocenters. The maximum absolute atomic E-state index is 13.6. The molecule has 33 heavy (non-hydrogen) atoms. The number of halogens is 1. The minimum atomic E-state index is -0.448. The minimum Gasteiger partial charge on any atom is -0.453 e. The molecule has 174 valence electrons. The van der Waals surface area contributed by atoms with Gasteiger partial charge in [-0.25, -0.2) is 14.2 Å². The molecule has 1 aliphatic heterocycles. The average molecular weight is 472 g/mol. The number of likely N-dealkylation sites (tertiary alicyclic amines) is 1. The summed E-state index contributed by atoms with van der Waals surface area (Å²) in [6.07, 6.45) is 1.73. The molecule has 4 rings (SSSR count). The van der Waals surface area contributed by atoms with Gasteiger partial charge in [-0.1, -0.05) is 12.1 Å². The van der Waals surface area contributed by atoms with E-state index in [1.165, 1.54) is 30.6 Å². The molecule has 1 aliphatic rings. The highest BCUT2D eigenvalue weighted by atomic mass is 32.1. The first-order valence-corrected chi connectivity index (χ1v) is 11.6. The molecule has 2 amide bonds. The van der Waals surface area contributed by atoms with Gasteiger partial charge in [-0.15, -0.1) is 11.3 Å². The van der Waals surface area contributed by atoms with Gasteiger partial charge in [-0.2, -0.15) is 5.10 Å². The summed E-state index contributed by atoms with van der Waals surface area (Å²) in [6.45, 7) is 4.14. The lowest BCUT2D eigenvalue weighted by Gasteiger charge is -2.42. The van der Waals surface area contributed by atoms with Crippen molar-refractivity contribution in [1.29, 1.82) is 0 Å². The molecule has 1 saturated heterocycles. The number of hydrogen-bond donors (Lipinski definition) is 2. The van der Waals surface area contributed by atoms with Crippen molar-refractivity contribution < 1.29 is 18.7 Å². The maximum Gasteiger partial charge on any atom is 0.410 e. The summed E-state index contributed by atoms with van der Waals surface area (Å²) in [7, 11) is 1.35. The second kappa shape index (κ2) is 9.70. The highest BCUT2D eigenvalue weighted by Gasteiger charge is 2.42. The van der Waals surface area contributed by atoms with E-state index >= 15 is 0 Å². The molecule has 2 aromatic heterocycles. The minimum absolute atomic E-state index is 0.00247. The van der Waals surface area contributed by atoms with Crippen LogP contribution in [0.1, 0.15) is 64.9 Å². The van der Waals surface area contributed by atoms with Crippen LogP contribution >= 0.6 is 11.3 Å². The van der Waals surface area contributed by atoms with E-state index in [1.54, 1.807) is 28.6 Å². The number of nitrogens with zero attached hydrogens (tertiary/aromatic N) is 3. The summed E-state index contributed by atoms with van der Waals surface area (Å²) < 4.78 is 18.7. The standard InChI is InChI=1S/C23H26FN5O3S/c1-13(2)26-21(30)19-12-33-22(27-19)16-10-20(18-8-9-25-28-18)29(23(31)32-3)11-17(16)14-4-6-15(24)7-5-14/h4-9,12-13,16-17,20H,10-11H2,1-3H3,(H,25,28)(H,26,30). The van der Waals surface area contributed by atoms with E-state index in [0.29, 0.717) is 18.7 Å². The SMILES string of the molecule is COC(=O)N1CC(c2ccc(F)cc2)C(c2nc(C(=O)NC(C)C)cs2)CC1c1ccn[nH]1. The van der Waals surface area contributed by atoms with Crippen LogP contribution < -0.4 is 5.32 Å². The second-order valence-electron chi connectivity index (χ2n) is 8.35. The lowest BCUT2D eigenvalue weighted by atomic mass is 9.77. The summed E-state index contributed by atoms with van der Waals surface area (Å²) in [5.74, 6) is -0.803. The van der Waals surface area contributed by atoms with Gasteiger partial charge in [0.2, 0.25) is 0 Å². The van der Waals surface area contributed by atoms with Crippen molar-refractivity contribution in [3.8, 4) is 0 Å². The summed E-state index contributed by atoms with van der Waals surface area (Å²) in [5.41, 5.74) is 2.05. The molecule has 0 saturated carbocycles. The van der Waals surface area contributed by atoms with E-state index in [2.05, 4.69) is 20.5 Å². The number of rotatable bonds is 5. The fraction of sp³-hybridized carbons (Fsp3) is 0.391. The highest BCUT2D eigenvalue weighted by Crippen LogP contribution is 2.47. The molecule has 0 bridgehead atoms. The van der Waals surface area contributed by atoms with Crippen LogP contribution in [0, 0.1) is 5.82 Å². The normalized spacial score (nSPS) is 20.6. The number of aromatic amines is 1. The highest BCUT2D eigenvalue weighted by molar-refractivity contribution is 7.10. The molecule has 1 aromatic carbocycles. The molecule has 0 radical (unpaired) electrons. The van der Waals surface area contributed by atoms with Gasteiger partial charge in [-0.3, -0.25) is 14.8 Å². The first-order chi connectivity index (χ1) is 15.9. The number of piperidine rings is 1. The Bertz CT molecular complexity index is 1100. The van der Waals surface area contributed by atoms with Crippen molar-refractivity contribution in [1.82, 2.24) is 25.4 Å². The lowest BCUT2D eigenvalue weighted by molar-refractivity contribution is 0.0757. The average Bonchev–Trinajstić information content (AvgIpc) is 3.50. The van der Waals surface area contributed by atoms with Crippen LogP contribution in [0.25, 0.3) is 0 Å². The van der Waals surface area contributed by atoms with Gasteiger partial charge >= 0.3 is 6.09 Å². The molecule has 3 heterocycles. The van der Waals surface area contributed by atoms with E-state index in [1.807, 2.05) is 19.9 Å². The number of H-pyrrole nitrogens is 1. The van der Waals surface area contributed by atoms with Gasteiger partial charge in [-0.05, 0) is 44.0 Å². The van der Waals surface area contributed by atoms with Crippen LogP contribution in [0.15, 0.2) is 41.9 Å². The quantitative estimate of drug-likeness (QED) is 0.580. The van der Waals surface area contributed by atoms with Crippen molar-refractivity contribution in [2.75, 3.05) is 13.7 Å². The first kappa shape index (κ1) is 22.9. The van der Waals surface area contributed by atoms with Crippen LogP contribution in [0.4, 0.5) is 9.18 Å². The number of amides is 2. The number of ether oxygens (including phenoxy) is 1. The predicted octanol–water partition coefficient (Wildman–Crippen LogP) is 4.22. The van der Waals surface area contributed by atoms with Crippen molar-refractivity contribution in [3.63, 3.8) is 0 Å². The molecule has 0 spiro atoms. The molecule has 10 heteroatoms. The summed E-state index contributed by atoms with van der Waals surface area (Å²) in [5, 5.41) is 12.4. The summed E-state index contributed by atoms with van der Waals surface area (Å²) in [6, 6.07) is 7.83. The number of carbonyl (C=O) groups is 2. The van der Waals surface area contributed by atoms with Crippen molar-refractivity contribution in [2.24, 2.45) is 0 Å². The van der Waals surface area contributed by atoms with E-state index in [-0.39, 0.29) is 35.6 Å². The Balaban J connectivity index is 1.73. The summed E-state index contributed by atoms with van der Waals surface area (Å²) >= 11 is 1.42. The lowest BCUT2D eigenvalue weighted by Crippen LogP contribution is -2.44. The Hall–Kier alpha value is -3.27. The van der Waals surface area contributed by atoms with Crippen LogP contribution in [-0.2, 0) is 4.74 Å². The third-order valence-electron chi connectivity index (χ3n) is 5.81. The predicted molar refractivity (Wildman–Crippen MR) is 122 cm³/mol. The molecule has 8 nitrogen and oxygen atoms in total. The number of benzene rings is 1. The molecular formula is C23H26FN5O3S. The van der Waals surface area contributed by atoms with Crippen molar-refractivity contribution in [2.45, 2.75) is 44.2 Å². The first-order valence-electron chi connectivity index (χ1n) is 10.7. The number of hydrogen-bond acceptors (Lipinski definition) is 6. The second-order valence-corrected chi connectivity index (χ2v) is 9.24. The van der Waals surface area contributed by atoms with E-state index in [4.69, 9.17) is 4.74 Å². The van der Waals surface area contributed by atoms with Crippen LogP contribution in [0.5, 0.6) is 0 Å². The van der Waals surface area contributed by atoms with Gasteiger partial charge in [0.15, 0.2) is 0 Å². The zero-order valence-corrected chi connectivity index (χ0v) is 19.4. The number of methoxy groups -OCH3 is 1. The third-order valence-corrected chi connectivity index (χ3v) is 6.79. The smallest absolute Gasteiger partial charge is 0.410 e. The molecule has 2 N–H and O–H groups in total. The molecule has 1 fully saturated rings. The van der Waals surface area contributed by atoms with Gasteiger partial charge in [0.1, 0.15) is 11.5 Å². The fourth-order valence-electron chi connectivity index (χ4n) is 4.28. The number of carbonyl (C=O) groups excluding carboxylic acids is 2. The topological polar surface area (TPSA) is 100 Å².